The molecular formula is C17H15BrN2. The van der Waals surface area contributed by atoms with Crippen molar-refractivity contribution >= 4 is 15.9 Å². The first-order valence-corrected chi connectivity index (χ1v) is 7.36. The summed E-state index contributed by atoms with van der Waals surface area (Å²) in [5, 5.41) is 4.71. The van der Waals surface area contributed by atoms with Crippen LogP contribution in [-0.4, -0.2) is 9.78 Å². The van der Waals surface area contributed by atoms with Crippen LogP contribution in [0.15, 0.2) is 65.1 Å². The molecule has 0 saturated heterocycles. The van der Waals surface area contributed by atoms with Crippen LogP contribution in [0.25, 0.3) is 11.3 Å². The average Bonchev–Trinajstić information content (AvgIpc) is 2.81. The van der Waals surface area contributed by atoms with Crippen molar-refractivity contribution < 1.29 is 0 Å². The van der Waals surface area contributed by atoms with Gasteiger partial charge in [-0.3, -0.25) is 4.68 Å². The first-order valence-electron chi connectivity index (χ1n) is 6.57. The standard InChI is InChI=1S/C17H15BrN2/c1-13-10-17(15-7-3-2-4-8-15)19-20(13)12-14-6-5-9-16(18)11-14/h2-11H,12H2,1H3. The fourth-order valence-electron chi connectivity index (χ4n) is 2.23. The highest BCUT2D eigenvalue weighted by Gasteiger charge is 2.06. The smallest absolute Gasteiger partial charge is 0.0926 e. The van der Waals surface area contributed by atoms with Gasteiger partial charge in [0.05, 0.1) is 12.2 Å². The van der Waals surface area contributed by atoms with Gasteiger partial charge in [-0.05, 0) is 30.7 Å². The number of rotatable bonds is 3. The predicted molar refractivity (Wildman–Crippen MR) is 85.6 cm³/mol. The van der Waals surface area contributed by atoms with E-state index in [1.165, 1.54) is 11.3 Å². The Morgan fingerprint density at radius 1 is 1.00 bits per heavy atom. The lowest BCUT2D eigenvalue weighted by atomic mass is 10.1. The van der Waals surface area contributed by atoms with Crippen molar-refractivity contribution in [3.8, 4) is 11.3 Å². The van der Waals surface area contributed by atoms with E-state index in [0.717, 1.165) is 22.3 Å². The fourth-order valence-corrected chi connectivity index (χ4v) is 2.68. The van der Waals surface area contributed by atoms with Crippen LogP contribution in [0.2, 0.25) is 0 Å². The fraction of sp³-hybridized carbons (Fsp3) is 0.118. The van der Waals surface area contributed by atoms with Crippen LogP contribution in [0.1, 0.15) is 11.3 Å². The molecule has 0 spiro atoms. The van der Waals surface area contributed by atoms with Crippen LogP contribution in [-0.2, 0) is 6.54 Å². The molecule has 3 heteroatoms. The number of nitrogens with zero attached hydrogens (tertiary/aromatic N) is 2. The summed E-state index contributed by atoms with van der Waals surface area (Å²) in [6, 6.07) is 20.7. The largest absolute Gasteiger partial charge is 0.265 e. The Balaban J connectivity index is 1.90. The van der Waals surface area contributed by atoms with E-state index in [1.807, 2.05) is 28.9 Å². The number of aryl methyl sites for hydroxylation is 1. The molecule has 1 aromatic heterocycles. The monoisotopic (exact) mass is 326 g/mol. The summed E-state index contributed by atoms with van der Waals surface area (Å²) < 4.78 is 3.15. The van der Waals surface area contributed by atoms with E-state index < -0.39 is 0 Å². The molecule has 2 nitrogen and oxygen atoms in total. The molecule has 100 valence electrons. The molecule has 0 aliphatic rings. The van der Waals surface area contributed by atoms with Crippen LogP contribution in [0, 0.1) is 6.92 Å². The molecule has 0 unspecified atom stereocenters. The van der Waals surface area contributed by atoms with Crippen molar-refractivity contribution in [1.29, 1.82) is 0 Å². The first kappa shape index (κ1) is 13.1. The molecule has 0 aliphatic carbocycles. The summed E-state index contributed by atoms with van der Waals surface area (Å²) in [4.78, 5) is 0. The maximum atomic E-state index is 4.71. The molecule has 1 heterocycles. The lowest BCUT2D eigenvalue weighted by molar-refractivity contribution is 0.667. The van der Waals surface area contributed by atoms with Crippen molar-refractivity contribution in [2.45, 2.75) is 13.5 Å². The Kier molecular flexibility index (Phi) is 3.70. The molecule has 0 aliphatic heterocycles. The molecule has 0 fully saturated rings. The molecule has 0 amide bonds. The number of halogens is 1. The molecule has 3 aromatic rings. The average molecular weight is 327 g/mol. The van der Waals surface area contributed by atoms with Gasteiger partial charge in [-0.1, -0.05) is 58.4 Å². The Hall–Kier alpha value is -1.87. The molecule has 20 heavy (non-hydrogen) atoms. The van der Waals surface area contributed by atoms with Gasteiger partial charge in [0.1, 0.15) is 0 Å². The van der Waals surface area contributed by atoms with Crippen LogP contribution in [0.5, 0.6) is 0 Å². The third kappa shape index (κ3) is 2.83. The third-order valence-corrected chi connectivity index (χ3v) is 3.77. The molecule has 0 bridgehead atoms. The Labute approximate surface area is 127 Å². The number of aromatic nitrogens is 2. The van der Waals surface area contributed by atoms with Crippen LogP contribution < -0.4 is 0 Å². The maximum absolute atomic E-state index is 4.71. The molecule has 2 aromatic carbocycles. The van der Waals surface area contributed by atoms with Gasteiger partial charge < -0.3 is 0 Å². The van der Waals surface area contributed by atoms with Gasteiger partial charge in [-0.25, -0.2) is 0 Å². The van der Waals surface area contributed by atoms with Crippen LogP contribution in [0.4, 0.5) is 0 Å². The van der Waals surface area contributed by atoms with Crippen molar-refractivity contribution in [3.63, 3.8) is 0 Å². The van der Waals surface area contributed by atoms with E-state index in [-0.39, 0.29) is 0 Å². The van der Waals surface area contributed by atoms with E-state index in [2.05, 4.69) is 59.3 Å². The molecule has 0 radical (unpaired) electrons. The topological polar surface area (TPSA) is 17.8 Å². The summed E-state index contributed by atoms with van der Waals surface area (Å²) in [6.45, 7) is 2.88. The second kappa shape index (κ2) is 5.63. The number of hydrogen-bond acceptors (Lipinski definition) is 1. The van der Waals surface area contributed by atoms with Gasteiger partial charge in [0, 0.05) is 15.7 Å². The highest BCUT2D eigenvalue weighted by Crippen LogP contribution is 2.20. The van der Waals surface area contributed by atoms with Gasteiger partial charge in [0.2, 0.25) is 0 Å². The van der Waals surface area contributed by atoms with Crippen LogP contribution in [0.3, 0.4) is 0 Å². The van der Waals surface area contributed by atoms with E-state index in [4.69, 9.17) is 5.10 Å². The summed E-state index contributed by atoms with van der Waals surface area (Å²) in [7, 11) is 0. The minimum Gasteiger partial charge on any atom is -0.265 e. The zero-order valence-electron chi connectivity index (χ0n) is 11.3. The van der Waals surface area contributed by atoms with Crippen molar-refractivity contribution in [2.24, 2.45) is 0 Å². The third-order valence-electron chi connectivity index (χ3n) is 3.27. The molecule has 3 rings (SSSR count). The number of benzene rings is 2. The van der Waals surface area contributed by atoms with Crippen molar-refractivity contribution in [1.82, 2.24) is 9.78 Å². The molecule has 0 atom stereocenters. The Morgan fingerprint density at radius 2 is 1.80 bits per heavy atom. The van der Waals surface area contributed by atoms with Crippen LogP contribution >= 0.6 is 15.9 Å². The first-order chi connectivity index (χ1) is 9.72. The van der Waals surface area contributed by atoms with Crippen molar-refractivity contribution in [3.05, 3.63) is 76.4 Å². The Morgan fingerprint density at radius 3 is 2.55 bits per heavy atom. The van der Waals surface area contributed by atoms with E-state index in [0.29, 0.717) is 0 Å². The normalized spacial score (nSPS) is 10.7. The zero-order chi connectivity index (χ0) is 13.9. The van der Waals surface area contributed by atoms with Crippen molar-refractivity contribution in [2.75, 3.05) is 0 Å². The summed E-state index contributed by atoms with van der Waals surface area (Å²) in [5.41, 5.74) is 4.59. The highest BCUT2D eigenvalue weighted by atomic mass is 79.9. The van der Waals surface area contributed by atoms with Gasteiger partial charge in [0.15, 0.2) is 0 Å². The minimum atomic E-state index is 0.790. The predicted octanol–water partition coefficient (Wildman–Crippen LogP) is 4.67. The molecular weight excluding hydrogens is 312 g/mol. The second-order valence-corrected chi connectivity index (χ2v) is 5.74. The molecule has 0 saturated carbocycles. The van der Waals surface area contributed by atoms with E-state index >= 15 is 0 Å². The molecule has 0 N–H and O–H groups in total. The Bertz CT molecular complexity index is 717. The van der Waals surface area contributed by atoms with Gasteiger partial charge in [-0.15, -0.1) is 0 Å². The number of hydrogen-bond donors (Lipinski definition) is 0. The summed E-state index contributed by atoms with van der Waals surface area (Å²) in [6.07, 6.45) is 0. The maximum Gasteiger partial charge on any atom is 0.0926 e. The zero-order valence-corrected chi connectivity index (χ0v) is 12.8. The summed E-state index contributed by atoms with van der Waals surface area (Å²) in [5.74, 6) is 0. The lowest BCUT2D eigenvalue weighted by Gasteiger charge is -2.05. The lowest BCUT2D eigenvalue weighted by Crippen LogP contribution is -2.03. The van der Waals surface area contributed by atoms with Gasteiger partial charge in [-0.2, -0.15) is 5.10 Å². The van der Waals surface area contributed by atoms with Gasteiger partial charge >= 0.3 is 0 Å². The van der Waals surface area contributed by atoms with Gasteiger partial charge in [0.25, 0.3) is 0 Å². The minimum absolute atomic E-state index is 0.790. The summed E-state index contributed by atoms with van der Waals surface area (Å²) >= 11 is 3.51. The van der Waals surface area contributed by atoms with E-state index in [1.54, 1.807) is 0 Å². The SMILES string of the molecule is Cc1cc(-c2ccccc2)nn1Cc1cccc(Br)c1. The second-order valence-electron chi connectivity index (χ2n) is 4.82. The van der Waals surface area contributed by atoms with E-state index in [9.17, 15) is 0 Å². The highest BCUT2D eigenvalue weighted by molar-refractivity contribution is 9.10. The quantitative estimate of drug-likeness (QED) is 0.683.